The van der Waals surface area contributed by atoms with Gasteiger partial charge in [-0.1, -0.05) is 35.9 Å². The first-order chi connectivity index (χ1) is 16.2. The number of aryl methyl sites for hydroxylation is 3. The molecule has 0 radical (unpaired) electrons. The van der Waals surface area contributed by atoms with Crippen LogP contribution >= 0.6 is 0 Å². The van der Waals surface area contributed by atoms with E-state index in [4.69, 9.17) is 9.84 Å². The first-order valence-electron chi connectivity index (χ1n) is 11.4. The number of esters is 1. The van der Waals surface area contributed by atoms with Crippen molar-refractivity contribution >= 4 is 12.0 Å². The van der Waals surface area contributed by atoms with Crippen LogP contribution in [0.3, 0.4) is 0 Å². The molecule has 0 saturated heterocycles. The van der Waals surface area contributed by atoms with Gasteiger partial charge in [0.1, 0.15) is 0 Å². The standard InChI is InChI=1S/C27H30N4O3/c1-15(2)34-26(32)23-19(6)28-27(33)29-24(23)21-14-31(20-10-8-7-9-11-20)30-25(21)22-17(4)12-16(3)13-18(22)5/h7-15,24H,1-6H3,(H2,28,29,33). The maximum atomic E-state index is 13.1. The number of carbonyl (C=O) groups is 2. The van der Waals surface area contributed by atoms with Crippen molar-refractivity contribution in [2.75, 3.05) is 0 Å². The summed E-state index contributed by atoms with van der Waals surface area (Å²) in [4.78, 5) is 25.6. The summed E-state index contributed by atoms with van der Waals surface area (Å²) >= 11 is 0. The van der Waals surface area contributed by atoms with Crippen LogP contribution in [0, 0.1) is 20.8 Å². The molecule has 2 N–H and O–H groups in total. The van der Waals surface area contributed by atoms with Gasteiger partial charge < -0.3 is 15.4 Å². The van der Waals surface area contributed by atoms with Crippen molar-refractivity contribution in [3.63, 3.8) is 0 Å². The molecular formula is C27H30N4O3. The Balaban J connectivity index is 1.96. The molecule has 7 nitrogen and oxygen atoms in total. The number of nitrogens with zero attached hydrogens (tertiary/aromatic N) is 2. The molecule has 3 aromatic rings. The molecule has 0 aliphatic carbocycles. The van der Waals surface area contributed by atoms with Crippen molar-refractivity contribution in [3.05, 3.63) is 82.2 Å². The van der Waals surface area contributed by atoms with E-state index in [2.05, 4.69) is 43.5 Å². The van der Waals surface area contributed by atoms with Gasteiger partial charge in [-0.3, -0.25) is 0 Å². The van der Waals surface area contributed by atoms with Gasteiger partial charge in [-0.15, -0.1) is 0 Å². The molecule has 176 valence electrons. The number of amides is 2. The number of benzene rings is 2. The van der Waals surface area contributed by atoms with E-state index in [9.17, 15) is 9.59 Å². The second-order valence-electron chi connectivity index (χ2n) is 9.01. The van der Waals surface area contributed by atoms with Gasteiger partial charge in [0.25, 0.3) is 0 Å². The van der Waals surface area contributed by atoms with Crippen LogP contribution in [0.5, 0.6) is 0 Å². The Labute approximate surface area is 199 Å². The molecule has 2 aromatic carbocycles. The van der Waals surface area contributed by atoms with Gasteiger partial charge in [0.05, 0.1) is 29.1 Å². The van der Waals surface area contributed by atoms with Crippen molar-refractivity contribution in [1.82, 2.24) is 20.4 Å². The van der Waals surface area contributed by atoms with E-state index in [-0.39, 0.29) is 12.1 Å². The topological polar surface area (TPSA) is 85.2 Å². The normalized spacial score (nSPS) is 15.9. The molecule has 1 unspecified atom stereocenters. The molecule has 0 spiro atoms. The highest BCUT2D eigenvalue weighted by Crippen LogP contribution is 2.37. The van der Waals surface area contributed by atoms with Gasteiger partial charge in [-0.05, 0) is 64.8 Å². The highest BCUT2D eigenvalue weighted by atomic mass is 16.5. The fourth-order valence-corrected chi connectivity index (χ4v) is 4.53. The third kappa shape index (κ3) is 4.46. The summed E-state index contributed by atoms with van der Waals surface area (Å²) in [6.45, 7) is 11.5. The van der Waals surface area contributed by atoms with Gasteiger partial charge in [0.15, 0.2) is 0 Å². The van der Waals surface area contributed by atoms with Gasteiger partial charge in [0.2, 0.25) is 0 Å². The summed E-state index contributed by atoms with van der Waals surface area (Å²) in [5.74, 6) is -0.472. The smallest absolute Gasteiger partial charge is 0.338 e. The lowest BCUT2D eigenvalue weighted by Gasteiger charge is -2.28. The number of carbonyl (C=O) groups excluding carboxylic acids is 2. The zero-order valence-electron chi connectivity index (χ0n) is 20.4. The molecule has 1 atom stereocenters. The van der Waals surface area contributed by atoms with Crippen LogP contribution in [0.2, 0.25) is 0 Å². The number of urea groups is 1. The maximum absolute atomic E-state index is 13.1. The molecule has 2 heterocycles. The average Bonchev–Trinajstić information content (AvgIpc) is 3.17. The van der Waals surface area contributed by atoms with Crippen LogP contribution in [-0.2, 0) is 9.53 Å². The third-order valence-corrected chi connectivity index (χ3v) is 5.82. The highest BCUT2D eigenvalue weighted by molar-refractivity contribution is 5.95. The lowest BCUT2D eigenvalue weighted by atomic mass is 9.90. The molecule has 0 fully saturated rings. The summed E-state index contributed by atoms with van der Waals surface area (Å²) in [7, 11) is 0. The lowest BCUT2D eigenvalue weighted by Crippen LogP contribution is -2.45. The molecule has 1 aliphatic heterocycles. The fourth-order valence-electron chi connectivity index (χ4n) is 4.53. The summed E-state index contributed by atoms with van der Waals surface area (Å²) in [6.07, 6.45) is 1.59. The first-order valence-corrected chi connectivity index (χ1v) is 11.4. The van der Waals surface area contributed by atoms with Gasteiger partial charge in [-0.25, -0.2) is 14.3 Å². The Morgan fingerprint density at radius 1 is 1.06 bits per heavy atom. The number of allylic oxidation sites excluding steroid dienone is 1. The van der Waals surface area contributed by atoms with E-state index < -0.39 is 12.0 Å². The van der Waals surface area contributed by atoms with E-state index in [0.717, 1.165) is 33.5 Å². The average molecular weight is 459 g/mol. The molecule has 2 amide bonds. The van der Waals surface area contributed by atoms with Gasteiger partial charge >= 0.3 is 12.0 Å². The fraction of sp³-hybridized carbons (Fsp3) is 0.296. The monoisotopic (exact) mass is 458 g/mol. The first kappa shape index (κ1) is 23.3. The third-order valence-electron chi connectivity index (χ3n) is 5.82. The minimum absolute atomic E-state index is 0.292. The second-order valence-corrected chi connectivity index (χ2v) is 9.01. The van der Waals surface area contributed by atoms with Crippen molar-refractivity contribution in [1.29, 1.82) is 0 Å². The molecule has 0 saturated carbocycles. The minimum atomic E-state index is -0.715. The van der Waals surface area contributed by atoms with E-state index in [1.807, 2.05) is 36.5 Å². The minimum Gasteiger partial charge on any atom is -0.459 e. The number of rotatable bonds is 5. The molecule has 1 aromatic heterocycles. The summed E-state index contributed by atoms with van der Waals surface area (Å²) in [6, 6.07) is 12.9. The van der Waals surface area contributed by atoms with Crippen molar-refractivity contribution < 1.29 is 14.3 Å². The van der Waals surface area contributed by atoms with Gasteiger partial charge in [0, 0.05) is 23.0 Å². The zero-order chi connectivity index (χ0) is 24.6. The van der Waals surface area contributed by atoms with E-state index in [0.29, 0.717) is 17.0 Å². The van der Waals surface area contributed by atoms with Crippen LogP contribution in [0.4, 0.5) is 4.79 Å². The zero-order valence-corrected chi connectivity index (χ0v) is 20.4. The van der Waals surface area contributed by atoms with Crippen molar-refractivity contribution in [3.8, 4) is 16.9 Å². The second kappa shape index (κ2) is 9.17. The number of aromatic nitrogens is 2. The van der Waals surface area contributed by atoms with Crippen molar-refractivity contribution in [2.45, 2.75) is 53.7 Å². The van der Waals surface area contributed by atoms with Crippen LogP contribution in [0.25, 0.3) is 16.9 Å². The molecule has 1 aliphatic rings. The SMILES string of the molecule is CC1=C(C(=O)OC(C)C)C(c2cn(-c3ccccc3)nc2-c2c(C)cc(C)cc2C)NC(=O)N1. The van der Waals surface area contributed by atoms with Crippen molar-refractivity contribution in [2.24, 2.45) is 0 Å². The van der Waals surface area contributed by atoms with E-state index in [1.165, 1.54) is 0 Å². The van der Waals surface area contributed by atoms with Crippen LogP contribution < -0.4 is 10.6 Å². The molecule has 7 heteroatoms. The molecular weight excluding hydrogens is 428 g/mol. The Morgan fingerprint density at radius 3 is 2.32 bits per heavy atom. The number of ether oxygens (including phenoxy) is 1. The Bertz CT molecular complexity index is 1270. The Kier molecular flexibility index (Phi) is 6.28. The highest BCUT2D eigenvalue weighted by Gasteiger charge is 2.36. The molecule has 4 rings (SSSR count). The maximum Gasteiger partial charge on any atom is 0.338 e. The van der Waals surface area contributed by atoms with Gasteiger partial charge in [-0.2, -0.15) is 5.10 Å². The van der Waals surface area contributed by atoms with E-state index >= 15 is 0 Å². The predicted molar refractivity (Wildman–Crippen MR) is 132 cm³/mol. The largest absolute Gasteiger partial charge is 0.459 e. The van der Waals surface area contributed by atoms with E-state index in [1.54, 1.807) is 25.5 Å². The quantitative estimate of drug-likeness (QED) is 0.524. The Hall–Kier alpha value is -3.87. The summed E-state index contributed by atoms with van der Waals surface area (Å²) in [5, 5.41) is 10.6. The van der Waals surface area contributed by atoms with Crippen LogP contribution in [0.15, 0.2) is 59.9 Å². The van der Waals surface area contributed by atoms with Crippen LogP contribution in [0.1, 0.15) is 49.1 Å². The number of nitrogens with one attached hydrogen (secondary N) is 2. The van der Waals surface area contributed by atoms with Crippen LogP contribution in [-0.4, -0.2) is 27.9 Å². The predicted octanol–water partition coefficient (Wildman–Crippen LogP) is 5.04. The molecule has 0 bridgehead atoms. The number of para-hydroxylation sites is 1. The summed E-state index contributed by atoms with van der Waals surface area (Å²) in [5.41, 5.74) is 7.45. The Morgan fingerprint density at radius 2 is 1.71 bits per heavy atom. The molecule has 34 heavy (non-hydrogen) atoms. The number of hydrogen-bond donors (Lipinski definition) is 2. The number of hydrogen-bond acceptors (Lipinski definition) is 4. The summed E-state index contributed by atoms with van der Waals surface area (Å²) < 4.78 is 7.32. The lowest BCUT2D eigenvalue weighted by molar-refractivity contribution is -0.143.